The highest BCUT2D eigenvalue weighted by atomic mass is 19.1. The van der Waals surface area contributed by atoms with Gasteiger partial charge in [-0.3, -0.25) is 9.59 Å². The number of carbonyl (C=O) groups excluding carboxylic acids is 2. The van der Waals surface area contributed by atoms with Crippen molar-refractivity contribution in [3.8, 4) is 5.75 Å². The first kappa shape index (κ1) is 17.9. The second-order valence-corrected chi connectivity index (χ2v) is 6.37. The van der Waals surface area contributed by atoms with Gasteiger partial charge in [-0.25, -0.2) is 4.39 Å². The van der Waals surface area contributed by atoms with Crippen LogP contribution in [0.4, 0.5) is 4.39 Å². The van der Waals surface area contributed by atoms with E-state index in [9.17, 15) is 14.0 Å². The summed E-state index contributed by atoms with van der Waals surface area (Å²) in [5.74, 6) is -0.0842. The Labute approximate surface area is 151 Å². The first-order valence-electron chi connectivity index (χ1n) is 8.48. The standard InChI is InChI=1S/C20H21FN2O3/c1-26-18-8-4-15(5-9-18)12-23-13-16(10-19(23)24)20(25)22-11-14-2-6-17(21)7-3-14/h2-9,16H,10-13H2,1H3,(H,22,25). The van der Waals surface area contributed by atoms with Gasteiger partial charge in [-0.05, 0) is 35.4 Å². The fourth-order valence-corrected chi connectivity index (χ4v) is 2.99. The number of hydrogen-bond acceptors (Lipinski definition) is 3. The van der Waals surface area contributed by atoms with Gasteiger partial charge in [0.15, 0.2) is 0 Å². The third kappa shape index (κ3) is 4.39. The van der Waals surface area contributed by atoms with Crippen LogP contribution >= 0.6 is 0 Å². The van der Waals surface area contributed by atoms with Gasteiger partial charge in [0, 0.05) is 26.1 Å². The molecule has 1 atom stereocenters. The van der Waals surface area contributed by atoms with Crippen molar-refractivity contribution < 1.29 is 18.7 Å². The van der Waals surface area contributed by atoms with Crippen LogP contribution in [-0.4, -0.2) is 30.4 Å². The molecule has 1 heterocycles. The number of likely N-dealkylation sites (tertiary alicyclic amines) is 1. The van der Waals surface area contributed by atoms with E-state index < -0.39 is 0 Å². The zero-order chi connectivity index (χ0) is 18.5. The molecule has 0 saturated carbocycles. The molecule has 2 aromatic rings. The second kappa shape index (κ2) is 7.99. The smallest absolute Gasteiger partial charge is 0.225 e. The predicted molar refractivity (Wildman–Crippen MR) is 94.8 cm³/mol. The number of halogens is 1. The quantitative estimate of drug-likeness (QED) is 0.865. The summed E-state index contributed by atoms with van der Waals surface area (Å²) >= 11 is 0. The molecule has 1 saturated heterocycles. The molecule has 1 aliphatic heterocycles. The first-order chi connectivity index (χ1) is 12.5. The van der Waals surface area contributed by atoms with Crippen molar-refractivity contribution in [1.82, 2.24) is 10.2 Å². The lowest BCUT2D eigenvalue weighted by molar-refractivity contribution is -0.129. The fourth-order valence-electron chi connectivity index (χ4n) is 2.99. The molecule has 1 N–H and O–H groups in total. The van der Waals surface area contributed by atoms with Gasteiger partial charge in [-0.2, -0.15) is 0 Å². The summed E-state index contributed by atoms with van der Waals surface area (Å²) in [6.07, 6.45) is 0.214. The highest BCUT2D eigenvalue weighted by Crippen LogP contribution is 2.21. The molecule has 2 aromatic carbocycles. The molecule has 0 radical (unpaired) electrons. The van der Waals surface area contributed by atoms with E-state index in [0.29, 0.717) is 19.6 Å². The molecule has 0 aromatic heterocycles. The molecule has 0 aliphatic carbocycles. The van der Waals surface area contributed by atoms with Crippen LogP contribution in [0.5, 0.6) is 5.75 Å². The van der Waals surface area contributed by atoms with E-state index in [4.69, 9.17) is 4.74 Å². The third-order valence-corrected chi connectivity index (χ3v) is 4.50. The van der Waals surface area contributed by atoms with Gasteiger partial charge in [-0.15, -0.1) is 0 Å². The van der Waals surface area contributed by atoms with Crippen LogP contribution in [-0.2, 0) is 22.7 Å². The monoisotopic (exact) mass is 356 g/mol. The summed E-state index contributed by atoms with van der Waals surface area (Å²) in [6, 6.07) is 13.5. The van der Waals surface area contributed by atoms with Gasteiger partial charge in [-0.1, -0.05) is 24.3 Å². The molecule has 1 aliphatic rings. The SMILES string of the molecule is COc1ccc(CN2CC(C(=O)NCc3ccc(F)cc3)CC2=O)cc1. The normalized spacial score (nSPS) is 16.6. The summed E-state index contributed by atoms with van der Waals surface area (Å²) in [6.45, 7) is 1.20. The highest BCUT2D eigenvalue weighted by Gasteiger charge is 2.34. The minimum absolute atomic E-state index is 0.0252. The molecule has 6 heteroatoms. The number of methoxy groups -OCH3 is 1. The number of benzene rings is 2. The van der Waals surface area contributed by atoms with Gasteiger partial charge in [0.2, 0.25) is 11.8 Å². The van der Waals surface area contributed by atoms with E-state index in [1.807, 2.05) is 24.3 Å². The Morgan fingerprint density at radius 2 is 1.81 bits per heavy atom. The molecule has 3 rings (SSSR count). The van der Waals surface area contributed by atoms with Crippen LogP contribution in [0.15, 0.2) is 48.5 Å². The van der Waals surface area contributed by atoms with Gasteiger partial charge >= 0.3 is 0 Å². The topological polar surface area (TPSA) is 58.6 Å². The maximum absolute atomic E-state index is 12.9. The van der Waals surface area contributed by atoms with Crippen LogP contribution in [0.3, 0.4) is 0 Å². The number of ether oxygens (including phenoxy) is 1. The summed E-state index contributed by atoms with van der Waals surface area (Å²) in [5, 5.41) is 2.82. The lowest BCUT2D eigenvalue weighted by Gasteiger charge is -2.17. The number of hydrogen-bond donors (Lipinski definition) is 1. The third-order valence-electron chi connectivity index (χ3n) is 4.50. The highest BCUT2D eigenvalue weighted by molar-refractivity contribution is 5.89. The molecule has 136 valence electrons. The first-order valence-corrected chi connectivity index (χ1v) is 8.48. The van der Waals surface area contributed by atoms with Crippen LogP contribution < -0.4 is 10.1 Å². The Morgan fingerprint density at radius 3 is 2.46 bits per heavy atom. The Bertz CT molecular complexity index is 775. The van der Waals surface area contributed by atoms with Crippen molar-refractivity contribution in [1.29, 1.82) is 0 Å². The second-order valence-electron chi connectivity index (χ2n) is 6.37. The summed E-state index contributed by atoms with van der Waals surface area (Å²) in [5.41, 5.74) is 1.81. The Morgan fingerprint density at radius 1 is 1.15 bits per heavy atom. The zero-order valence-corrected chi connectivity index (χ0v) is 14.6. The van der Waals surface area contributed by atoms with Crippen molar-refractivity contribution in [2.75, 3.05) is 13.7 Å². The Balaban J connectivity index is 1.52. The molecule has 0 spiro atoms. The molecule has 26 heavy (non-hydrogen) atoms. The Hall–Kier alpha value is -2.89. The molecular weight excluding hydrogens is 335 g/mol. The number of nitrogens with one attached hydrogen (secondary N) is 1. The van der Waals surface area contributed by atoms with Gasteiger partial charge in [0.1, 0.15) is 11.6 Å². The van der Waals surface area contributed by atoms with Crippen LogP contribution in [0, 0.1) is 11.7 Å². The summed E-state index contributed by atoms with van der Waals surface area (Å²) in [4.78, 5) is 26.2. The zero-order valence-electron chi connectivity index (χ0n) is 14.6. The molecule has 1 unspecified atom stereocenters. The minimum Gasteiger partial charge on any atom is -0.497 e. The van der Waals surface area contributed by atoms with Crippen molar-refractivity contribution in [3.63, 3.8) is 0 Å². The molecule has 0 bridgehead atoms. The lowest BCUT2D eigenvalue weighted by atomic mass is 10.1. The largest absolute Gasteiger partial charge is 0.497 e. The van der Waals surface area contributed by atoms with E-state index >= 15 is 0 Å². The Kier molecular flexibility index (Phi) is 5.51. The van der Waals surface area contributed by atoms with Crippen molar-refractivity contribution in [2.45, 2.75) is 19.5 Å². The number of carbonyl (C=O) groups is 2. The van der Waals surface area contributed by atoms with Crippen LogP contribution in [0.2, 0.25) is 0 Å². The van der Waals surface area contributed by atoms with Crippen molar-refractivity contribution in [2.24, 2.45) is 5.92 Å². The van der Waals surface area contributed by atoms with E-state index in [1.165, 1.54) is 12.1 Å². The molecule has 5 nitrogen and oxygen atoms in total. The predicted octanol–water partition coefficient (Wildman–Crippen LogP) is 2.50. The minimum atomic E-state index is -0.360. The summed E-state index contributed by atoms with van der Waals surface area (Å²) < 4.78 is 18.0. The van der Waals surface area contributed by atoms with Gasteiger partial charge in [0.05, 0.1) is 13.0 Å². The number of rotatable bonds is 6. The number of nitrogens with zero attached hydrogens (tertiary/aromatic N) is 1. The van der Waals surface area contributed by atoms with Crippen LogP contribution in [0.1, 0.15) is 17.5 Å². The van der Waals surface area contributed by atoms with Crippen LogP contribution in [0.25, 0.3) is 0 Å². The lowest BCUT2D eigenvalue weighted by Crippen LogP contribution is -2.32. The average Bonchev–Trinajstić information content (AvgIpc) is 3.02. The molecular formula is C20H21FN2O3. The maximum atomic E-state index is 12.9. The van der Waals surface area contributed by atoms with E-state index in [0.717, 1.165) is 16.9 Å². The molecule has 1 fully saturated rings. The fraction of sp³-hybridized carbons (Fsp3) is 0.300. The van der Waals surface area contributed by atoms with E-state index in [-0.39, 0.29) is 30.0 Å². The van der Waals surface area contributed by atoms with Crippen molar-refractivity contribution in [3.05, 3.63) is 65.5 Å². The van der Waals surface area contributed by atoms with E-state index in [2.05, 4.69) is 5.32 Å². The summed E-state index contributed by atoms with van der Waals surface area (Å²) in [7, 11) is 1.61. The van der Waals surface area contributed by atoms with Crippen molar-refractivity contribution >= 4 is 11.8 Å². The van der Waals surface area contributed by atoms with Gasteiger partial charge < -0.3 is 15.0 Å². The maximum Gasteiger partial charge on any atom is 0.225 e. The number of amides is 2. The average molecular weight is 356 g/mol. The van der Waals surface area contributed by atoms with Gasteiger partial charge in [0.25, 0.3) is 0 Å². The molecule has 2 amide bonds. The van der Waals surface area contributed by atoms with E-state index in [1.54, 1.807) is 24.1 Å².